The molecule has 0 heterocycles. The van der Waals surface area contributed by atoms with E-state index >= 15 is 0 Å². The third-order valence-corrected chi connectivity index (χ3v) is 2.83. The van der Waals surface area contributed by atoms with Crippen molar-refractivity contribution < 1.29 is 9.53 Å². The second kappa shape index (κ2) is 6.75. The third-order valence-electron chi connectivity index (χ3n) is 2.83. The number of nitrogens with two attached hydrogens (primary N) is 1. The molecule has 0 spiro atoms. The van der Waals surface area contributed by atoms with Crippen molar-refractivity contribution in [3.8, 4) is 0 Å². The van der Waals surface area contributed by atoms with Crippen LogP contribution in [0.25, 0.3) is 0 Å². The first-order valence-corrected chi connectivity index (χ1v) is 7.02. The molecule has 0 saturated carbocycles. The SMILES string of the molecule is Cc1ccc(CC[C@@H](C)N)cc1NC(=O)OC(C)(C)C. The maximum absolute atomic E-state index is 11.8. The van der Waals surface area contributed by atoms with Crippen LogP contribution in [-0.4, -0.2) is 17.7 Å². The Labute approximate surface area is 121 Å². The second-order valence-electron chi connectivity index (χ2n) is 6.29. The Bertz CT molecular complexity index is 462. The number of anilines is 1. The fourth-order valence-corrected chi connectivity index (χ4v) is 1.77. The van der Waals surface area contributed by atoms with E-state index in [-0.39, 0.29) is 6.04 Å². The largest absolute Gasteiger partial charge is 0.444 e. The van der Waals surface area contributed by atoms with Gasteiger partial charge >= 0.3 is 6.09 Å². The maximum atomic E-state index is 11.8. The summed E-state index contributed by atoms with van der Waals surface area (Å²) in [6.45, 7) is 9.49. The molecule has 0 radical (unpaired) electrons. The van der Waals surface area contributed by atoms with Crippen LogP contribution in [0.2, 0.25) is 0 Å². The number of carbonyl (C=O) groups is 1. The van der Waals surface area contributed by atoms with E-state index < -0.39 is 11.7 Å². The molecular formula is C16H26N2O2. The summed E-state index contributed by atoms with van der Waals surface area (Å²) in [6.07, 6.45) is 1.40. The molecule has 0 aromatic heterocycles. The molecule has 3 N–H and O–H groups in total. The summed E-state index contributed by atoms with van der Waals surface area (Å²) in [7, 11) is 0. The number of nitrogens with one attached hydrogen (secondary N) is 1. The Hall–Kier alpha value is -1.55. The molecule has 1 amide bonds. The monoisotopic (exact) mass is 278 g/mol. The van der Waals surface area contributed by atoms with Crippen molar-refractivity contribution >= 4 is 11.8 Å². The van der Waals surface area contributed by atoms with Crippen molar-refractivity contribution in [2.75, 3.05) is 5.32 Å². The molecule has 0 aliphatic heterocycles. The fraction of sp³-hybridized carbons (Fsp3) is 0.562. The fourth-order valence-electron chi connectivity index (χ4n) is 1.77. The van der Waals surface area contributed by atoms with E-state index in [4.69, 9.17) is 10.5 Å². The average Bonchev–Trinajstić information content (AvgIpc) is 2.27. The van der Waals surface area contributed by atoms with Crippen LogP contribution in [0.5, 0.6) is 0 Å². The van der Waals surface area contributed by atoms with Gasteiger partial charge in [-0.25, -0.2) is 4.79 Å². The molecule has 1 atom stereocenters. The summed E-state index contributed by atoms with van der Waals surface area (Å²) in [6, 6.07) is 6.24. The lowest BCUT2D eigenvalue weighted by molar-refractivity contribution is 0.0636. The molecule has 1 aromatic carbocycles. The van der Waals surface area contributed by atoms with Crippen molar-refractivity contribution in [1.29, 1.82) is 0 Å². The van der Waals surface area contributed by atoms with Crippen LogP contribution < -0.4 is 11.1 Å². The van der Waals surface area contributed by atoms with Crippen molar-refractivity contribution in [3.63, 3.8) is 0 Å². The molecule has 0 saturated heterocycles. The first-order valence-electron chi connectivity index (χ1n) is 7.02. The van der Waals surface area contributed by atoms with E-state index in [9.17, 15) is 4.79 Å². The van der Waals surface area contributed by atoms with Gasteiger partial charge in [0, 0.05) is 11.7 Å². The van der Waals surface area contributed by atoms with Gasteiger partial charge in [0.05, 0.1) is 0 Å². The van der Waals surface area contributed by atoms with Crippen molar-refractivity contribution in [3.05, 3.63) is 29.3 Å². The molecule has 0 bridgehead atoms. The van der Waals surface area contributed by atoms with E-state index in [2.05, 4.69) is 11.4 Å². The lowest BCUT2D eigenvalue weighted by atomic mass is 10.0. The number of benzene rings is 1. The zero-order chi connectivity index (χ0) is 15.3. The molecule has 4 nitrogen and oxygen atoms in total. The van der Waals surface area contributed by atoms with Gasteiger partial charge in [-0.05, 0) is 64.7 Å². The lowest BCUT2D eigenvalue weighted by Gasteiger charge is -2.20. The maximum Gasteiger partial charge on any atom is 0.412 e. The third kappa shape index (κ3) is 6.06. The van der Waals surface area contributed by atoms with Crippen LogP contribution in [0.1, 0.15) is 45.2 Å². The van der Waals surface area contributed by atoms with E-state index in [1.54, 1.807) is 0 Å². The quantitative estimate of drug-likeness (QED) is 0.884. The number of hydrogen-bond donors (Lipinski definition) is 2. The van der Waals surface area contributed by atoms with Gasteiger partial charge in [-0.15, -0.1) is 0 Å². The number of amides is 1. The van der Waals surface area contributed by atoms with Crippen LogP contribution >= 0.6 is 0 Å². The Kier molecular flexibility index (Phi) is 5.57. The highest BCUT2D eigenvalue weighted by Crippen LogP contribution is 2.19. The van der Waals surface area contributed by atoms with Gasteiger partial charge < -0.3 is 10.5 Å². The topological polar surface area (TPSA) is 64.3 Å². The normalized spacial score (nSPS) is 12.9. The molecule has 0 aliphatic rings. The zero-order valence-corrected chi connectivity index (χ0v) is 13.1. The minimum atomic E-state index is -0.495. The molecule has 0 fully saturated rings. The number of ether oxygens (including phenoxy) is 1. The minimum absolute atomic E-state index is 0.179. The van der Waals surface area contributed by atoms with Crippen LogP contribution in [0, 0.1) is 6.92 Å². The van der Waals surface area contributed by atoms with Gasteiger partial charge in [0.25, 0.3) is 0 Å². The molecule has 1 aromatic rings. The first-order chi connectivity index (χ1) is 9.17. The summed E-state index contributed by atoms with van der Waals surface area (Å²) in [5.41, 5.74) is 8.25. The van der Waals surface area contributed by atoms with Gasteiger partial charge in [0.2, 0.25) is 0 Å². The van der Waals surface area contributed by atoms with E-state index in [0.717, 1.165) is 24.1 Å². The van der Waals surface area contributed by atoms with E-state index in [1.165, 1.54) is 5.56 Å². The van der Waals surface area contributed by atoms with Crippen LogP contribution in [0.3, 0.4) is 0 Å². The smallest absolute Gasteiger partial charge is 0.412 e. The van der Waals surface area contributed by atoms with Crippen molar-refractivity contribution in [2.24, 2.45) is 5.73 Å². The summed E-state index contributed by atoms with van der Waals surface area (Å²) in [4.78, 5) is 11.8. The average molecular weight is 278 g/mol. The predicted molar refractivity (Wildman–Crippen MR) is 83.0 cm³/mol. The minimum Gasteiger partial charge on any atom is -0.444 e. The van der Waals surface area contributed by atoms with Crippen LogP contribution in [0.4, 0.5) is 10.5 Å². The van der Waals surface area contributed by atoms with E-state index in [0.29, 0.717) is 0 Å². The van der Waals surface area contributed by atoms with Crippen LogP contribution in [0.15, 0.2) is 18.2 Å². The molecule has 20 heavy (non-hydrogen) atoms. The van der Waals surface area contributed by atoms with Gasteiger partial charge in [0.1, 0.15) is 5.60 Å². The molecular weight excluding hydrogens is 252 g/mol. The molecule has 4 heteroatoms. The number of aryl methyl sites for hydroxylation is 2. The highest BCUT2D eigenvalue weighted by atomic mass is 16.6. The highest BCUT2D eigenvalue weighted by molar-refractivity contribution is 5.86. The van der Waals surface area contributed by atoms with Crippen LogP contribution in [-0.2, 0) is 11.2 Å². The Balaban J connectivity index is 2.73. The highest BCUT2D eigenvalue weighted by Gasteiger charge is 2.16. The Morgan fingerprint density at radius 1 is 1.40 bits per heavy atom. The standard InChI is InChI=1S/C16H26N2O2/c1-11-6-8-13(9-7-12(2)17)10-14(11)18-15(19)20-16(3,4)5/h6,8,10,12H,7,9,17H2,1-5H3,(H,18,19)/t12-/m1/s1. The van der Waals surface area contributed by atoms with Gasteiger partial charge in [-0.1, -0.05) is 12.1 Å². The Morgan fingerprint density at radius 3 is 2.60 bits per heavy atom. The summed E-state index contributed by atoms with van der Waals surface area (Å²) < 4.78 is 5.26. The van der Waals surface area contributed by atoms with E-state index in [1.807, 2.05) is 46.8 Å². The summed E-state index contributed by atoms with van der Waals surface area (Å²) in [5.74, 6) is 0. The van der Waals surface area contributed by atoms with Crippen molar-refractivity contribution in [1.82, 2.24) is 0 Å². The molecule has 0 unspecified atom stereocenters. The van der Waals surface area contributed by atoms with Gasteiger partial charge in [0.15, 0.2) is 0 Å². The molecule has 1 rings (SSSR count). The number of rotatable bonds is 4. The lowest BCUT2D eigenvalue weighted by Crippen LogP contribution is -2.27. The first kappa shape index (κ1) is 16.5. The molecule has 112 valence electrons. The van der Waals surface area contributed by atoms with Gasteiger partial charge in [-0.3, -0.25) is 5.32 Å². The summed E-state index contributed by atoms with van der Waals surface area (Å²) in [5, 5.41) is 2.80. The predicted octanol–water partition coefficient (Wildman–Crippen LogP) is 3.62. The summed E-state index contributed by atoms with van der Waals surface area (Å²) >= 11 is 0. The molecule has 0 aliphatic carbocycles. The number of carbonyl (C=O) groups excluding carboxylic acids is 1. The second-order valence-corrected chi connectivity index (χ2v) is 6.29. The van der Waals surface area contributed by atoms with Gasteiger partial charge in [-0.2, -0.15) is 0 Å². The van der Waals surface area contributed by atoms with Crippen molar-refractivity contribution in [2.45, 2.75) is 59.1 Å². The Morgan fingerprint density at radius 2 is 2.05 bits per heavy atom. The number of hydrogen-bond acceptors (Lipinski definition) is 3. The zero-order valence-electron chi connectivity index (χ0n) is 13.1.